The van der Waals surface area contributed by atoms with Crippen LogP contribution in [0.15, 0.2) is 22.3 Å². The summed E-state index contributed by atoms with van der Waals surface area (Å²) in [5, 5.41) is 10.6. The Kier molecular flexibility index (Phi) is 4.56. The second-order valence-corrected chi connectivity index (χ2v) is 6.28. The van der Waals surface area contributed by atoms with Crippen molar-refractivity contribution in [2.24, 2.45) is 0 Å². The van der Waals surface area contributed by atoms with Crippen molar-refractivity contribution in [2.75, 3.05) is 6.54 Å². The second-order valence-electron chi connectivity index (χ2n) is 5.33. The lowest BCUT2D eigenvalue weighted by molar-refractivity contribution is -0.126. The molecule has 2 aromatic rings. The Bertz CT molecular complexity index is 736. The smallest absolute Gasteiger partial charge is 0.340 e. The maximum atomic E-state index is 12.5. The lowest BCUT2D eigenvalue weighted by Gasteiger charge is -2.34. The number of aromatic nitrogens is 3. The minimum Gasteiger partial charge on any atom is -0.347 e. The van der Waals surface area contributed by atoms with Crippen LogP contribution in [-0.4, -0.2) is 44.5 Å². The number of nitrogens with zero attached hydrogens (tertiary/aromatic N) is 2. The lowest BCUT2D eigenvalue weighted by atomic mass is 10.0. The molecule has 1 unspecified atom stereocenters. The molecule has 3 heterocycles. The fourth-order valence-electron chi connectivity index (χ4n) is 2.67. The molecule has 1 aliphatic rings. The van der Waals surface area contributed by atoms with Crippen LogP contribution in [0.2, 0.25) is 0 Å². The minimum atomic E-state index is -0.482. The quantitative estimate of drug-likeness (QED) is 0.754. The maximum Gasteiger partial charge on any atom is 0.340 e. The summed E-state index contributed by atoms with van der Waals surface area (Å²) in [7, 11) is 0. The van der Waals surface area contributed by atoms with E-state index >= 15 is 0 Å². The van der Waals surface area contributed by atoms with Gasteiger partial charge in [-0.05, 0) is 30.7 Å². The van der Waals surface area contributed by atoms with Gasteiger partial charge in [-0.15, -0.1) is 11.3 Å². The number of hydrogen-bond donors (Lipinski definition) is 3. The van der Waals surface area contributed by atoms with Gasteiger partial charge in [0.05, 0.1) is 11.4 Å². The summed E-state index contributed by atoms with van der Waals surface area (Å²) < 4.78 is 0. The molecule has 9 heteroatoms. The SMILES string of the molecule is O=C(NCc1n[nH]c(=O)[nH]1)C1CCCCN1C(=O)c1cccs1. The Morgan fingerprint density at radius 3 is 3.00 bits per heavy atom. The summed E-state index contributed by atoms with van der Waals surface area (Å²) in [5.41, 5.74) is -0.415. The van der Waals surface area contributed by atoms with E-state index in [0.29, 0.717) is 23.7 Å². The highest BCUT2D eigenvalue weighted by molar-refractivity contribution is 7.12. The van der Waals surface area contributed by atoms with Gasteiger partial charge >= 0.3 is 5.69 Å². The molecule has 1 saturated heterocycles. The predicted molar refractivity (Wildman–Crippen MR) is 84.0 cm³/mol. The number of amides is 2. The topological polar surface area (TPSA) is 111 Å². The van der Waals surface area contributed by atoms with E-state index in [1.54, 1.807) is 11.0 Å². The van der Waals surface area contributed by atoms with Gasteiger partial charge in [-0.1, -0.05) is 6.07 Å². The van der Waals surface area contributed by atoms with Crippen LogP contribution in [0, 0.1) is 0 Å². The number of H-pyrrole nitrogens is 2. The molecule has 1 atom stereocenters. The van der Waals surface area contributed by atoms with Crippen LogP contribution >= 0.6 is 11.3 Å². The number of rotatable bonds is 4. The van der Waals surface area contributed by atoms with Crippen molar-refractivity contribution in [1.82, 2.24) is 25.4 Å². The Morgan fingerprint density at radius 1 is 1.43 bits per heavy atom. The number of hydrogen-bond acceptors (Lipinski definition) is 5. The molecule has 3 rings (SSSR count). The first kappa shape index (κ1) is 15.5. The molecular formula is C14H17N5O3S. The van der Waals surface area contributed by atoms with E-state index in [9.17, 15) is 14.4 Å². The standard InChI is InChI=1S/C14H17N5O3S/c20-12(15-8-11-16-14(22)18-17-11)9-4-1-2-6-19(9)13(21)10-5-3-7-23-10/h3,5,7,9H,1-2,4,6,8H2,(H,15,20)(H2,16,17,18,22). The zero-order valence-electron chi connectivity index (χ0n) is 12.4. The van der Waals surface area contributed by atoms with Gasteiger partial charge < -0.3 is 10.2 Å². The van der Waals surface area contributed by atoms with Gasteiger partial charge in [0.1, 0.15) is 11.9 Å². The third-order valence-electron chi connectivity index (χ3n) is 3.78. The Morgan fingerprint density at radius 2 is 2.30 bits per heavy atom. The average Bonchev–Trinajstić information content (AvgIpc) is 3.23. The lowest BCUT2D eigenvalue weighted by Crippen LogP contribution is -2.51. The zero-order chi connectivity index (χ0) is 16.2. The molecule has 8 nitrogen and oxygen atoms in total. The number of nitrogens with one attached hydrogen (secondary N) is 3. The molecule has 2 aromatic heterocycles. The summed E-state index contributed by atoms with van der Waals surface area (Å²) in [4.78, 5) is 40.7. The maximum absolute atomic E-state index is 12.5. The van der Waals surface area contributed by atoms with E-state index in [2.05, 4.69) is 20.5 Å². The second kappa shape index (κ2) is 6.78. The molecule has 23 heavy (non-hydrogen) atoms. The van der Waals surface area contributed by atoms with Crippen LogP contribution < -0.4 is 11.0 Å². The third kappa shape index (κ3) is 3.50. The van der Waals surface area contributed by atoms with E-state index in [1.165, 1.54) is 11.3 Å². The first-order chi connectivity index (χ1) is 11.1. The van der Waals surface area contributed by atoms with Gasteiger partial charge in [0, 0.05) is 6.54 Å². The molecule has 3 N–H and O–H groups in total. The number of likely N-dealkylation sites (tertiary alicyclic amines) is 1. The van der Waals surface area contributed by atoms with Gasteiger partial charge in [-0.2, -0.15) is 5.10 Å². The molecule has 122 valence electrons. The Labute approximate surface area is 135 Å². The molecule has 0 saturated carbocycles. The van der Waals surface area contributed by atoms with Crippen LogP contribution in [0.5, 0.6) is 0 Å². The Hall–Kier alpha value is -2.42. The van der Waals surface area contributed by atoms with E-state index < -0.39 is 11.7 Å². The van der Waals surface area contributed by atoms with E-state index in [1.807, 2.05) is 11.4 Å². The molecule has 0 aromatic carbocycles. The molecule has 1 aliphatic heterocycles. The Balaban J connectivity index is 1.66. The van der Waals surface area contributed by atoms with Crippen molar-refractivity contribution in [2.45, 2.75) is 31.8 Å². The van der Waals surface area contributed by atoms with Crippen molar-refractivity contribution in [1.29, 1.82) is 0 Å². The summed E-state index contributed by atoms with van der Waals surface area (Å²) in [6.07, 6.45) is 2.44. The normalized spacial score (nSPS) is 17.9. The summed E-state index contributed by atoms with van der Waals surface area (Å²) >= 11 is 1.37. The number of carbonyl (C=O) groups is 2. The van der Waals surface area contributed by atoms with Gasteiger partial charge in [0.15, 0.2) is 0 Å². The molecule has 0 bridgehead atoms. The van der Waals surface area contributed by atoms with Gasteiger partial charge in [-0.25, -0.2) is 9.89 Å². The molecular weight excluding hydrogens is 318 g/mol. The number of thiophene rings is 1. The molecule has 2 amide bonds. The molecule has 1 fully saturated rings. The van der Waals surface area contributed by atoms with Crippen LogP contribution in [-0.2, 0) is 11.3 Å². The van der Waals surface area contributed by atoms with Crippen LogP contribution in [0.25, 0.3) is 0 Å². The fourth-order valence-corrected chi connectivity index (χ4v) is 3.35. The van der Waals surface area contributed by atoms with E-state index in [0.717, 1.165) is 12.8 Å². The van der Waals surface area contributed by atoms with E-state index in [-0.39, 0.29) is 18.4 Å². The first-order valence-corrected chi connectivity index (χ1v) is 8.29. The molecule has 0 aliphatic carbocycles. The first-order valence-electron chi connectivity index (χ1n) is 7.41. The third-order valence-corrected chi connectivity index (χ3v) is 4.64. The molecule has 0 radical (unpaired) electrons. The van der Waals surface area contributed by atoms with E-state index in [4.69, 9.17) is 0 Å². The summed E-state index contributed by atoms with van der Waals surface area (Å²) in [6, 6.07) is 3.11. The van der Waals surface area contributed by atoms with Crippen molar-refractivity contribution < 1.29 is 9.59 Å². The van der Waals surface area contributed by atoms with Gasteiger partial charge in [0.2, 0.25) is 5.91 Å². The van der Waals surface area contributed by atoms with Crippen molar-refractivity contribution in [3.8, 4) is 0 Å². The summed E-state index contributed by atoms with van der Waals surface area (Å²) in [5.74, 6) is 0.0294. The highest BCUT2D eigenvalue weighted by Gasteiger charge is 2.32. The van der Waals surface area contributed by atoms with Crippen LogP contribution in [0.3, 0.4) is 0 Å². The minimum absolute atomic E-state index is 0.104. The average molecular weight is 335 g/mol. The number of piperidine rings is 1. The fraction of sp³-hybridized carbons (Fsp3) is 0.429. The summed E-state index contributed by atoms with van der Waals surface area (Å²) in [6.45, 7) is 0.698. The highest BCUT2D eigenvalue weighted by atomic mass is 32.1. The monoisotopic (exact) mass is 335 g/mol. The highest BCUT2D eigenvalue weighted by Crippen LogP contribution is 2.21. The molecule has 0 spiro atoms. The van der Waals surface area contributed by atoms with Crippen LogP contribution in [0.1, 0.15) is 34.8 Å². The van der Waals surface area contributed by atoms with Gasteiger partial charge in [0.25, 0.3) is 5.91 Å². The van der Waals surface area contributed by atoms with Crippen LogP contribution in [0.4, 0.5) is 0 Å². The predicted octanol–water partition coefficient (Wildman–Crippen LogP) is 0.471. The van der Waals surface area contributed by atoms with Crippen molar-refractivity contribution >= 4 is 23.2 Å². The zero-order valence-corrected chi connectivity index (χ0v) is 13.2. The number of aromatic amines is 2. The largest absolute Gasteiger partial charge is 0.347 e. The van der Waals surface area contributed by atoms with Crippen molar-refractivity contribution in [3.63, 3.8) is 0 Å². The van der Waals surface area contributed by atoms with Crippen molar-refractivity contribution in [3.05, 3.63) is 38.7 Å². The number of carbonyl (C=O) groups excluding carboxylic acids is 2. The van der Waals surface area contributed by atoms with Gasteiger partial charge in [-0.3, -0.25) is 14.6 Å².